The lowest BCUT2D eigenvalue weighted by Crippen LogP contribution is -2.53. The molecule has 178 valence electrons. The first kappa shape index (κ1) is 25.0. The first-order chi connectivity index (χ1) is 14.8. The highest BCUT2D eigenvalue weighted by Crippen LogP contribution is 2.42. The molecule has 1 saturated carbocycles. The van der Waals surface area contributed by atoms with Gasteiger partial charge in [0.1, 0.15) is 0 Å². The molecule has 3 rings (SSSR count). The summed E-state index contributed by atoms with van der Waals surface area (Å²) in [5.41, 5.74) is 5.06. The number of hydrogen-bond donors (Lipinski definition) is 1. The Labute approximate surface area is 194 Å². The van der Waals surface area contributed by atoms with Crippen LogP contribution in [0.1, 0.15) is 80.4 Å². The van der Waals surface area contributed by atoms with Crippen LogP contribution in [-0.4, -0.2) is 42.6 Å². The molecule has 0 bridgehead atoms. The molecule has 0 spiro atoms. The molecule has 6 heteroatoms. The number of fused-ring (bicyclic) bond motifs is 1. The van der Waals surface area contributed by atoms with Crippen LogP contribution in [0.3, 0.4) is 0 Å². The highest BCUT2D eigenvalue weighted by Gasteiger charge is 2.42. The molecule has 1 aromatic carbocycles. The van der Waals surface area contributed by atoms with Crippen molar-refractivity contribution >= 4 is 25.1 Å². The molecule has 1 amide bonds. The number of benzene rings is 1. The fraction of sp³-hybridized carbons (Fsp3) is 0.692. The summed E-state index contributed by atoms with van der Waals surface area (Å²) in [6, 6.07) is 0.261. The Kier molecular flexibility index (Phi) is 6.97. The van der Waals surface area contributed by atoms with Crippen LogP contribution >= 0.6 is 0 Å². The van der Waals surface area contributed by atoms with E-state index in [0.29, 0.717) is 18.5 Å². The number of hydrogen-bond acceptors (Lipinski definition) is 4. The number of nitrogens with zero attached hydrogens (tertiary/aromatic N) is 1. The van der Waals surface area contributed by atoms with Crippen LogP contribution in [0.4, 0.5) is 0 Å². The van der Waals surface area contributed by atoms with Gasteiger partial charge in [0.15, 0.2) is 6.10 Å². The number of aliphatic hydroxyl groups excluding tert-OH is 1. The minimum absolute atomic E-state index is 0.121. The van der Waals surface area contributed by atoms with Gasteiger partial charge in [0.05, 0.1) is 21.1 Å². The SMILES string of the molecule is CCOC(=O)[C@@H](O)c1c(C)c2c(c(C)c1[Si](C)(C)C)CN(C1CCCCC1(C)C)C(=O)C2. The summed E-state index contributed by atoms with van der Waals surface area (Å²) in [4.78, 5) is 28.0. The second-order valence-electron chi connectivity index (χ2n) is 11.3. The van der Waals surface area contributed by atoms with Gasteiger partial charge in [-0.1, -0.05) is 51.5 Å². The van der Waals surface area contributed by atoms with E-state index in [1.807, 2.05) is 6.92 Å². The van der Waals surface area contributed by atoms with Gasteiger partial charge in [-0.15, -0.1) is 0 Å². The van der Waals surface area contributed by atoms with Gasteiger partial charge in [-0.25, -0.2) is 4.79 Å². The normalized spacial score (nSPS) is 21.8. The van der Waals surface area contributed by atoms with Crippen molar-refractivity contribution in [3.8, 4) is 0 Å². The molecule has 2 atom stereocenters. The number of carbonyl (C=O) groups excluding carboxylic acids is 2. The van der Waals surface area contributed by atoms with E-state index in [4.69, 9.17) is 4.74 Å². The monoisotopic (exact) mass is 459 g/mol. The Morgan fingerprint density at radius 3 is 2.41 bits per heavy atom. The van der Waals surface area contributed by atoms with Crippen molar-refractivity contribution in [3.05, 3.63) is 27.8 Å². The van der Waals surface area contributed by atoms with E-state index < -0.39 is 20.1 Å². The molecular formula is C26H41NO4Si. The fourth-order valence-corrected chi connectivity index (χ4v) is 8.51. The maximum Gasteiger partial charge on any atom is 0.339 e. The second kappa shape index (κ2) is 8.94. The number of carbonyl (C=O) groups is 2. The molecule has 0 aromatic heterocycles. The van der Waals surface area contributed by atoms with Crippen LogP contribution < -0.4 is 5.19 Å². The molecule has 1 unspecified atom stereocenters. The third-order valence-electron chi connectivity index (χ3n) is 7.66. The van der Waals surface area contributed by atoms with Gasteiger partial charge >= 0.3 is 5.97 Å². The standard InChI is InChI=1S/C26H41NO4Si/c1-9-31-25(30)23(29)22-16(2)18-14-21(28)27(20-12-10-11-13-26(20,4)5)15-19(18)17(3)24(22)32(6,7)8/h20,23,29H,9-15H2,1-8H3/t20?,23-/m0/s1. The van der Waals surface area contributed by atoms with E-state index in [2.05, 4.69) is 45.3 Å². The van der Waals surface area contributed by atoms with Crippen LogP contribution in [-0.2, 0) is 27.3 Å². The molecule has 1 aliphatic carbocycles. The maximum atomic E-state index is 13.4. The van der Waals surface area contributed by atoms with Crippen LogP contribution in [0.15, 0.2) is 0 Å². The molecule has 0 saturated heterocycles. The Morgan fingerprint density at radius 2 is 1.84 bits per heavy atom. The maximum absolute atomic E-state index is 13.4. The average Bonchev–Trinajstić information content (AvgIpc) is 2.69. The van der Waals surface area contributed by atoms with Gasteiger partial charge in [-0.2, -0.15) is 0 Å². The van der Waals surface area contributed by atoms with Gasteiger partial charge < -0.3 is 14.7 Å². The topological polar surface area (TPSA) is 66.8 Å². The highest BCUT2D eigenvalue weighted by atomic mass is 28.3. The van der Waals surface area contributed by atoms with Crippen LogP contribution in [0, 0.1) is 19.3 Å². The summed E-state index contributed by atoms with van der Waals surface area (Å²) >= 11 is 0. The van der Waals surface area contributed by atoms with Gasteiger partial charge in [0, 0.05) is 12.6 Å². The zero-order valence-corrected chi connectivity index (χ0v) is 22.2. The summed E-state index contributed by atoms with van der Waals surface area (Å²) in [7, 11) is -1.92. The Morgan fingerprint density at radius 1 is 1.19 bits per heavy atom. The lowest BCUT2D eigenvalue weighted by Gasteiger charge is -2.47. The van der Waals surface area contributed by atoms with Gasteiger partial charge in [0.25, 0.3) is 0 Å². The van der Waals surface area contributed by atoms with Crippen LogP contribution in [0.2, 0.25) is 19.6 Å². The van der Waals surface area contributed by atoms with E-state index in [0.717, 1.165) is 34.7 Å². The summed E-state index contributed by atoms with van der Waals surface area (Å²) in [5, 5.41) is 12.1. The predicted molar refractivity (Wildman–Crippen MR) is 131 cm³/mol. The molecule has 0 radical (unpaired) electrons. The molecule has 32 heavy (non-hydrogen) atoms. The zero-order chi connectivity index (χ0) is 24.0. The molecule has 1 heterocycles. The van der Waals surface area contributed by atoms with Crippen LogP contribution in [0.5, 0.6) is 0 Å². The minimum atomic E-state index is -1.92. The van der Waals surface area contributed by atoms with Crippen molar-refractivity contribution in [1.82, 2.24) is 4.90 Å². The van der Waals surface area contributed by atoms with E-state index in [9.17, 15) is 14.7 Å². The Balaban J connectivity index is 2.15. The molecule has 1 fully saturated rings. The molecule has 1 aliphatic heterocycles. The average molecular weight is 460 g/mol. The Hall–Kier alpha value is -1.66. The number of esters is 1. The van der Waals surface area contributed by atoms with Crippen molar-refractivity contribution in [3.63, 3.8) is 0 Å². The quantitative estimate of drug-likeness (QED) is 0.527. The lowest BCUT2D eigenvalue weighted by atomic mass is 9.71. The largest absolute Gasteiger partial charge is 0.464 e. The number of ether oxygens (including phenoxy) is 1. The third kappa shape index (κ3) is 4.40. The molecule has 1 N–H and O–H groups in total. The third-order valence-corrected chi connectivity index (χ3v) is 9.80. The molecule has 2 aliphatic rings. The summed E-state index contributed by atoms with van der Waals surface area (Å²) in [6.45, 7) is 18.0. The van der Waals surface area contributed by atoms with Gasteiger partial charge in [-0.05, 0) is 66.8 Å². The van der Waals surface area contributed by atoms with Crippen molar-refractivity contribution in [2.45, 2.75) is 105 Å². The van der Waals surface area contributed by atoms with Gasteiger partial charge in [-0.3, -0.25) is 4.79 Å². The van der Waals surface area contributed by atoms with E-state index in [-0.39, 0.29) is 24.0 Å². The van der Waals surface area contributed by atoms with Crippen molar-refractivity contribution in [2.24, 2.45) is 5.41 Å². The number of rotatable bonds is 5. The van der Waals surface area contributed by atoms with Crippen LogP contribution in [0.25, 0.3) is 0 Å². The lowest BCUT2D eigenvalue weighted by molar-refractivity contribution is -0.153. The minimum Gasteiger partial charge on any atom is -0.464 e. The fourth-order valence-electron chi connectivity index (χ4n) is 6.10. The summed E-state index contributed by atoms with van der Waals surface area (Å²) in [5.74, 6) is -0.445. The van der Waals surface area contributed by atoms with E-state index >= 15 is 0 Å². The van der Waals surface area contributed by atoms with Gasteiger partial charge in [0.2, 0.25) is 5.91 Å². The highest BCUT2D eigenvalue weighted by molar-refractivity contribution is 6.89. The number of aliphatic hydroxyl groups is 1. The van der Waals surface area contributed by atoms with Crippen molar-refractivity contribution < 1.29 is 19.4 Å². The predicted octanol–water partition coefficient (Wildman–Crippen LogP) is 4.30. The van der Waals surface area contributed by atoms with E-state index in [1.54, 1.807) is 6.92 Å². The molecule has 5 nitrogen and oxygen atoms in total. The smallest absolute Gasteiger partial charge is 0.339 e. The first-order valence-electron chi connectivity index (χ1n) is 12.1. The molecule has 1 aromatic rings. The van der Waals surface area contributed by atoms with Crippen molar-refractivity contribution in [2.75, 3.05) is 6.61 Å². The zero-order valence-electron chi connectivity index (χ0n) is 21.2. The second-order valence-corrected chi connectivity index (χ2v) is 16.3. The Bertz CT molecular complexity index is 916. The first-order valence-corrected chi connectivity index (χ1v) is 15.6. The van der Waals surface area contributed by atoms with Crippen molar-refractivity contribution in [1.29, 1.82) is 0 Å². The summed E-state index contributed by atoms with van der Waals surface area (Å²) < 4.78 is 5.16. The number of amides is 1. The molecular weight excluding hydrogens is 418 g/mol. The summed E-state index contributed by atoms with van der Waals surface area (Å²) in [6.07, 6.45) is 3.64. The van der Waals surface area contributed by atoms with E-state index in [1.165, 1.54) is 18.4 Å².